The number of hydrogen-bond donors (Lipinski definition) is 1. The zero-order valence-electron chi connectivity index (χ0n) is 9.36. The van der Waals surface area contributed by atoms with E-state index in [4.69, 9.17) is 0 Å². The number of thiazole rings is 1. The first-order valence-electron chi connectivity index (χ1n) is 5.42. The molecule has 1 aromatic heterocycles. The van der Waals surface area contributed by atoms with E-state index in [2.05, 4.69) is 42.2 Å². The quantitative estimate of drug-likeness (QED) is 0.694. The van der Waals surface area contributed by atoms with Crippen LogP contribution in [0.2, 0.25) is 0 Å². The molecular weight excluding hydrogens is 230 g/mol. The van der Waals surface area contributed by atoms with Crippen molar-refractivity contribution < 1.29 is 0 Å². The van der Waals surface area contributed by atoms with E-state index in [1.165, 1.54) is 22.5 Å². The van der Waals surface area contributed by atoms with Crippen LogP contribution >= 0.6 is 11.3 Å². The van der Waals surface area contributed by atoms with Crippen LogP contribution in [-0.4, -0.2) is 4.98 Å². The van der Waals surface area contributed by atoms with Gasteiger partial charge in [0.15, 0.2) is 0 Å². The summed E-state index contributed by atoms with van der Waals surface area (Å²) < 4.78 is 1.01. The van der Waals surface area contributed by atoms with E-state index in [0.717, 1.165) is 15.8 Å². The molecule has 0 bridgehead atoms. The molecule has 2 nitrogen and oxygen atoms in total. The average Bonchev–Trinajstić information content (AvgIpc) is 2.69. The molecule has 3 aromatic rings. The van der Waals surface area contributed by atoms with Crippen LogP contribution in [0.3, 0.4) is 0 Å². The minimum atomic E-state index is 0.000978. The Morgan fingerprint density at radius 2 is 1.71 bits per heavy atom. The van der Waals surface area contributed by atoms with Crippen LogP contribution in [0.25, 0.3) is 21.3 Å². The van der Waals surface area contributed by atoms with Gasteiger partial charge < -0.3 is 4.98 Å². The molecule has 84 valence electrons. The second-order valence-electron chi connectivity index (χ2n) is 4.09. The Morgan fingerprint density at radius 1 is 1.00 bits per heavy atom. The van der Waals surface area contributed by atoms with Crippen LogP contribution in [0, 0.1) is 6.92 Å². The Labute approximate surface area is 103 Å². The van der Waals surface area contributed by atoms with E-state index in [1.54, 1.807) is 0 Å². The smallest absolute Gasteiger partial charge is 0.305 e. The Kier molecular flexibility index (Phi) is 2.34. The predicted molar refractivity (Wildman–Crippen MR) is 72.6 cm³/mol. The maximum atomic E-state index is 11.2. The lowest BCUT2D eigenvalue weighted by Gasteiger charge is -2.02. The van der Waals surface area contributed by atoms with Crippen molar-refractivity contribution in [2.24, 2.45) is 0 Å². The first-order valence-corrected chi connectivity index (χ1v) is 6.24. The van der Waals surface area contributed by atoms with Crippen molar-refractivity contribution >= 4 is 21.6 Å². The number of benzene rings is 2. The minimum absolute atomic E-state index is 0.000978. The van der Waals surface area contributed by atoms with Gasteiger partial charge >= 0.3 is 4.87 Å². The second-order valence-corrected chi connectivity index (χ2v) is 5.11. The normalized spacial score (nSPS) is 10.9. The third-order valence-electron chi connectivity index (χ3n) is 2.81. The molecule has 0 aliphatic carbocycles. The van der Waals surface area contributed by atoms with Gasteiger partial charge in [0, 0.05) is 0 Å². The van der Waals surface area contributed by atoms with Gasteiger partial charge in [-0.3, -0.25) is 4.79 Å². The van der Waals surface area contributed by atoms with Crippen molar-refractivity contribution in [1.29, 1.82) is 0 Å². The fraction of sp³-hybridized carbons (Fsp3) is 0.0714. The number of rotatable bonds is 1. The Balaban J connectivity index is 2.17. The molecule has 0 fully saturated rings. The van der Waals surface area contributed by atoms with Gasteiger partial charge in [-0.15, -0.1) is 0 Å². The molecule has 3 heteroatoms. The molecule has 0 radical (unpaired) electrons. The lowest BCUT2D eigenvalue weighted by molar-refractivity contribution is 1.41. The summed E-state index contributed by atoms with van der Waals surface area (Å²) in [6.07, 6.45) is 0. The number of hydrogen-bond acceptors (Lipinski definition) is 2. The SMILES string of the molecule is Cc1ccc(-c2ccc3[nH]c(=O)sc3c2)cc1. The molecule has 3 rings (SSSR count). The van der Waals surface area contributed by atoms with Crippen LogP contribution in [0.15, 0.2) is 47.3 Å². The highest BCUT2D eigenvalue weighted by Gasteiger charge is 2.02. The van der Waals surface area contributed by atoms with E-state index < -0.39 is 0 Å². The van der Waals surface area contributed by atoms with Gasteiger partial charge in [0.05, 0.1) is 10.2 Å². The number of aromatic nitrogens is 1. The monoisotopic (exact) mass is 241 g/mol. The van der Waals surface area contributed by atoms with Crippen LogP contribution in [-0.2, 0) is 0 Å². The van der Waals surface area contributed by atoms with E-state index >= 15 is 0 Å². The first-order chi connectivity index (χ1) is 8.22. The minimum Gasteiger partial charge on any atom is -0.312 e. The second kappa shape index (κ2) is 3.86. The summed E-state index contributed by atoms with van der Waals surface area (Å²) in [4.78, 5) is 14.1. The van der Waals surface area contributed by atoms with Gasteiger partial charge in [-0.05, 0) is 30.2 Å². The Hall–Kier alpha value is -1.87. The van der Waals surface area contributed by atoms with E-state index in [-0.39, 0.29) is 4.87 Å². The zero-order valence-corrected chi connectivity index (χ0v) is 10.2. The van der Waals surface area contributed by atoms with Gasteiger partial charge in [0.25, 0.3) is 0 Å². The first kappa shape index (κ1) is 10.3. The maximum Gasteiger partial charge on any atom is 0.305 e. The summed E-state index contributed by atoms with van der Waals surface area (Å²) in [5.41, 5.74) is 4.49. The van der Waals surface area contributed by atoms with Gasteiger partial charge in [0.1, 0.15) is 0 Å². The molecule has 0 spiro atoms. The van der Waals surface area contributed by atoms with E-state index in [1.807, 2.05) is 12.1 Å². The molecule has 0 amide bonds. The Morgan fingerprint density at radius 3 is 2.47 bits per heavy atom. The molecule has 0 unspecified atom stereocenters. The highest BCUT2D eigenvalue weighted by molar-refractivity contribution is 7.16. The van der Waals surface area contributed by atoms with Crippen LogP contribution in [0.4, 0.5) is 0 Å². The van der Waals surface area contributed by atoms with Crippen LogP contribution in [0.1, 0.15) is 5.56 Å². The number of aromatic amines is 1. The van der Waals surface area contributed by atoms with E-state index in [0.29, 0.717) is 0 Å². The van der Waals surface area contributed by atoms with Crippen molar-refractivity contribution in [3.8, 4) is 11.1 Å². The highest BCUT2D eigenvalue weighted by atomic mass is 32.1. The highest BCUT2D eigenvalue weighted by Crippen LogP contribution is 2.24. The lowest BCUT2D eigenvalue weighted by Crippen LogP contribution is -1.89. The van der Waals surface area contributed by atoms with E-state index in [9.17, 15) is 4.79 Å². The number of nitrogens with one attached hydrogen (secondary N) is 1. The number of H-pyrrole nitrogens is 1. The zero-order chi connectivity index (χ0) is 11.8. The predicted octanol–water partition coefficient (Wildman–Crippen LogP) is 3.57. The van der Waals surface area contributed by atoms with Crippen LogP contribution in [0.5, 0.6) is 0 Å². The van der Waals surface area contributed by atoms with Gasteiger partial charge in [-0.1, -0.05) is 47.2 Å². The molecule has 0 saturated heterocycles. The molecule has 17 heavy (non-hydrogen) atoms. The molecule has 1 N–H and O–H groups in total. The standard InChI is InChI=1S/C14H11NOS/c1-9-2-4-10(5-3-9)11-6-7-12-13(8-11)17-14(16)15-12/h2-8H,1H3,(H,15,16). The van der Waals surface area contributed by atoms with Crippen molar-refractivity contribution in [2.45, 2.75) is 6.92 Å². The van der Waals surface area contributed by atoms with Gasteiger partial charge in [-0.25, -0.2) is 0 Å². The molecule has 0 aliphatic rings. The fourth-order valence-corrected chi connectivity index (χ4v) is 2.65. The third-order valence-corrected chi connectivity index (χ3v) is 3.65. The van der Waals surface area contributed by atoms with Gasteiger partial charge in [-0.2, -0.15) is 0 Å². The molecule has 0 aliphatic heterocycles. The molecule has 1 heterocycles. The van der Waals surface area contributed by atoms with Crippen molar-refractivity contribution in [2.75, 3.05) is 0 Å². The average molecular weight is 241 g/mol. The Bertz CT molecular complexity index is 722. The lowest BCUT2D eigenvalue weighted by atomic mass is 10.0. The largest absolute Gasteiger partial charge is 0.312 e. The topological polar surface area (TPSA) is 32.9 Å². The number of aryl methyl sites for hydroxylation is 1. The molecule has 0 atom stereocenters. The van der Waals surface area contributed by atoms with Crippen molar-refractivity contribution in [1.82, 2.24) is 4.98 Å². The fourth-order valence-electron chi connectivity index (χ4n) is 1.87. The summed E-state index contributed by atoms with van der Waals surface area (Å²) in [7, 11) is 0. The number of fused-ring (bicyclic) bond motifs is 1. The summed E-state index contributed by atoms with van der Waals surface area (Å²) in [6, 6.07) is 14.5. The third kappa shape index (κ3) is 1.89. The molecule has 2 aromatic carbocycles. The van der Waals surface area contributed by atoms with Crippen molar-refractivity contribution in [3.63, 3.8) is 0 Å². The van der Waals surface area contributed by atoms with Crippen molar-refractivity contribution in [3.05, 3.63) is 57.7 Å². The molecular formula is C14H11NOS. The maximum absolute atomic E-state index is 11.2. The summed E-state index contributed by atoms with van der Waals surface area (Å²) in [5, 5.41) is 0. The summed E-state index contributed by atoms with van der Waals surface area (Å²) >= 11 is 1.25. The van der Waals surface area contributed by atoms with Gasteiger partial charge in [0.2, 0.25) is 0 Å². The van der Waals surface area contributed by atoms with Crippen LogP contribution < -0.4 is 4.87 Å². The summed E-state index contributed by atoms with van der Waals surface area (Å²) in [5.74, 6) is 0. The molecule has 0 saturated carbocycles. The summed E-state index contributed by atoms with van der Waals surface area (Å²) in [6.45, 7) is 2.07.